The molecule has 5 nitrogen and oxygen atoms in total. The molecule has 1 aromatic carbocycles. The molecule has 138 valence electrons. The number of quaternary nitrogens is 1. The highest BCUT2D eigenvalue weighted by Crippen LogP contribution is 2.29. The molecule has 1 heterocycles. The Balaban J connectivity index is 1.66. The quantitative estimate of drug-likeness (QED) is 0.900. The molecule has 1 aromatic rings. The summed E-state index contributed by atoms with van der Waals surface area (Å²) in [5, 5.41) is 0. The minimum absolute atomic E-state index is 0.0189. The van der Waals surface area contributed by atoms with Gasteiger partial charge in [0.2, 0.25) is 0 Å². The lowest BCUT2D eigenvalue weighted by molar-refractivity contribution is -0.930. The summed E-state index contributed by atoms with van der Waals surface area (Å²) in [6.07, 6.45) is 5.41. The van der Waals surface area contributed by atoms with E-state index in [1.54, 1.807) is 19.1 Å². The fourth-order valence-corrected chi connectivity index (χ4v) is 4.43. The molecule has 2 aliphatic rings. The topological polar surface area (TPSA) is 43.2 Å². The van der Waals surface area contributed by atoms with Gasteiger partial charge in [0, 0.05) is 6.42 Å². The first-order valence-corrected chi connectivity index (χ1v) is 9.49. The standard InChI is InChI=1S/C20H30N2O3/c1-15-6-4-7-16(14-15)21-10-12-22(13-11-21)20(23)19-17(24-2)8-5-9-18(19)25-3/h5,8-9,15-16H,4,6-7,10-14H2,1-3H3/p+1/t15-,16+/m1/s1. The summed E-state index contributed by atoms with van der Waals surface area (Å²) < 4.78 is 10.8. The lowest BCUT2D eigenvalue weighted by Crippen LogP contribution is -3.18. The Kier molecular flexibility index (Phi) is 5.84. The van der Waals surface area contributed by atoms with Gasteiger partial charge in [-0.15, -0.1) is 0 Å². The molecule has 0 spiro atoms. The zero-order valence-corrected chi connectivity index (χ0v) is 15.7. The average Bonchev–Trinajstić information content (AvgIpc) is 2.66. The van der Waals surface area contributed by atoms with Crippen molar-refractivity contribution >= 4 is 5.91 Å². The number of carbonyl (C=O) groups excluding carboxylic acids is 1. The summed E-state index contributed by atoms with van der Waals surface area (Å²) in [7, 11) is 3.19. The Bertz CT molecular complexity index is 574. The fourth-order valence-electron chi connectivity index (χ4n) is 4.43. The number of piperazine rings is 1. The molecule has 1 amide bonds. The molecule has 1 saturated carbocycles. The highest BCUT2D eigenvalue weighted by Gasteiger charge is 2.33. The number of hydrogen-bond donors (Lipinski definition) is 1. The number of hydrogen-bond acceptors (Lipinski definition) is 3. The van der Waals surface area contributed by atoms with Crippen LogP contribution in [0.1, 0.15) is 43.0 Å². The van der Waals surface area contributed by atoms with Crippen LogP contribution >= 0.6 is 0 Å². The van der Waals surface area contributed by atoms with E-state index in [2.05, 4.69) is 6.92 Å². The van der Waals surface area contributed by atoms with Crippen LogP contribution in [0.3, 0.4) is 0 Å². The fraction of sp³-hybridized carbons (Fsp3) is 0.650. The molecule has 0 aromatic heterocycles. The Labute approximate surface area is 150 Å². The number of amides is 1. The van der Waals surface area contributed by atoms with Crippen LogP contribution in [0.2, 0.25) is 0 Å². The van der Waals surface area contributed by atoms with Gasteiger partial charge in [-0.3, -0.25) is 4.79 Å². The van der Waals surface area contributed by atoms with E-state index in [4.69, 9.17) is 9.47 Å². The maximum absolute atomic E-state index is 13.1. The van der Waals surface area contributed by atoms with Gasteiger partial charge in [0.25, 0.3) is 5.91 Å². The van der Waals surface area contributed by atoms with Gasteiger partial charge in [0.1, 0.15) is 17.1 Å². The average molecular weight is 347 g/mol. The third kappa shape index (κ3) is 3.92. The van der Waals surface area contributed by atoms with E-state index in [9.17, 15) is 4.79 Å². The maximum Gasteiger partial charge on any atom is 0.261 e. The summed E-state index contributed by atoms with van der Waals surface area (Å²) in [5.74, 6) is 2.04. The van der Waals surface area contributed by atoms with Crippen LogP contribution in [0.5, 0.6) is 11.5 Å². The number of carbonyl (C=O) groups is 1. The largest absolute Gasteiger partial charge is 0.496 e. The normalized spacial score (nSPS) is 24.8. The predicted octanol–water partition coefficient (Wildman–Crippen LogP) is 1.62. The molecule has 25 heavy (non-hydrogen) atoms. The number of rotatable bonds is 4. The highest BCUT2D eigenvalue weighted by molar-refractivity contribution is 5.99. The van der Waals surface area contributed by atoms with E-state index >= 15 is 0 Å². The Morgan fingerprint density at radius 1 is 1.12 bits per heavy atom. The third-order valence-corrected chi connectivity index (χ3v) is 5.85. The maximum atomic E-state index is 13.1. The molecule has 0 radical (unpaired) electrons. The van der Waals surface area contributed by atoms with Crippen LogP contribution in [0.15, 0.2) is 18.2 Å². The van der Waals surface area contributed by atoms with Gasteiger partial charge in [-0.2, -0.15) is 0 Å². The second-order valence-electron chi connectivity index (χ2n) is 7.46. The minimum Gasteiger partial charge on any atom is -0.496 e. The van der Waals surface area contributed by atoms with Crippen molar-refractivity contribution in [3.63, 3.8) is 0 Å². The van der Waals surface area contributed by atoms with Crippen LogP contribution in [0.4, 0.5) is 0 Å². The lowest BCUT2D eigenvalue weighted by atomic mass is 9.86. The van der Waals surface area contributed by atoms with Crippen molar-refractivity contribution in [2.75, 3.05) is 40.4 Å². The molecular formula is C20H31N2O3+. The van der Waals surface area contributed by atoms with Crippen LogP contribution in [0, 0.1) is 5.92 Å². The Hall–Kier alpha value is -1.75. The summed E-state index contributed by atoms with van der Waals surface area (Å²) in [5.41, 5.74) is 0.544. The first-order valence-electron chi connectivity index (χ1n) is 9.49. The van der Waals surface area contributed by atoms with Gasteiger partial charge in [0.05, 0.1) is 46.4 Å². The van der Waals surface area contributed by atoms with Gasteiger partial charge in [-0.05, 0) is 30.9 Å². The molecule has 2 atom stereocenters. The van der Waals surface area contributed by atoms with Crippen molar-refractivity contribution in [2.24, 2.45) is 5.92 Å². The molecule has 2 fully saturated rings. The van der Waals surface area contributed by atoms with Gasteiger partial charge in [0.15, 0.2) is 0 Å². The van der Waals surface area contributed by atoms with E-state index in [0.29, 0.717) is 17.1 Å². The molecule has 5 heteroatoms. The smallest absolute Gasteiger partial charge is 0.261 e. The van der Waals surface area contributed by atoms with Gasteiger partial charge >= 0.3 is 0 Å². The van der Waals surface area contributed by atoms with E-state index in [-0.39, 0.29) is 5.91 Å². The Morgan fingerprint density at radius 3 is 2.32 bits per heavy atom. The second kappa shape index (κ2) is 8.09. The molecule has 1 aliphatic carbocycles. The van der Waals surface area contributed by atoms with Crippen LogP contribution < -0.4 is 14.4 Å². The second-order valence-corrected chi connectivity index (χ2v) is 7.46. The SMILES string of the molecule is COc1cccc(OC)c1C(=O)N1CC[NH+]([C@H]2CCC[C@@H](C)C2)CC1. The summed E-state index contributed by atoms with van der Waals surface area (Å²) >= 11 is 0. The number of ether oxygens (including phenoxy) is 2. The molecular weight excluding hydrogens is 316 g/mol. The van der Waals surface area contributed by atoms with Crippen molar-refractivity contribution in [1.29, 1.82) is 0 Å². The van der Waals surface area contributed by atoms with E-state index in [1.165, 1.54) is 25.7 Å². The molecule has 0 unspecified atom stereocenters. The van der Waals surface area contributed by atoms with E-state index in [0.717, 1.165) is 38.1 Å². The molecule has 0 bridgehead atoms. The van der Waals surface area contributed by atoms with Crippen molar-refractivity contribution in [2.45, 2.75) is 38.6 Å². The monoisotopic (exact) mass is 347 g/mol. The lowest BCUT2D eigenvalue weighted by Gasteiger charge is -2.39. The van der Waals surface area contributed by atoms with Crippen molar-refractivity contribution in [1.82, 2.24) is 4.90 Å². The molecule has 1 saturated heterocycles. The zero-order valence-electron chi connectivity index (χ0n) is 15.7. The van der Waals surface area contributed by atoms with E-state index in [1.807, 2.05) is 23.1 Å². The third-order valence-electron chi connectivity index (χ3n) is 5.85. The molecule has 1 aliphatic heterocycles. The Morgan fingerprint density at radius 2 is 1.76 bits per heavy atom. The summed E-state index contributed by atoms with van der Waals surface area (Å²) in [6.45, 7) is 6.07. The number of benzene rings is 1. The summed E-state index contributed by atoms with van der Waals surface area (Å²) in [4.78, 5) is 16.7. The van der Waals surface area contributed by atoms with Gasteiger partial charge < -0.3 is 19.3 Å². The van der Waals surface area contributed by atoms with E-state index < -0.39 is 0 Å². The first kappa shape index (κ1) is 18.1. The van der Waals surface area contributed by atoms with Gasteiger partial charge in [-0.1, -0.05) is 19.4 Å². The van der Waals surface area contributed by atoms with Crippen molar-refractivity contribution in [3.8, 4) is 11.5 Å². The van der Waals surface area contributed by atoms with Crippen molar-refractivity contribution < 1.29 is 19.2 Å². The van der Waals surface area contributed by atoms with Gasteiger partial charge in [-0.25, -0.2) is 0 Å². The number of nitrogens with zero attached hydrogens (tertiary/aromatic N) is 1. The zero-order chi connectivity index (χ0) is 17.8. The molecule has 3 rings (SSSR count). The molecule has 1 N–H and O–H groups in total. The highest BCUT2D eigenvalue weighted by atomic mass is 16.5. The minimum atomic E-state index is 0.0189. The number of methoxy groups -OCH3 is 2. The van der Waals surface area contributed by atoms with Crippen molar-refractivity contribution in [3.05, 3.63) is 23.8 Å². The van der Waals surface area contributed by atoms with Crippen LogP contribution in [0.25, 0.3) is 0 Å². The summed E-state index contributed by atoms with van der Waals surface area (Å²) in [6, 6.07) is 6.27. The van der Waals surface area contributed by atoms with Crippen LogP contribution in [-0.4, -0.2) is 57.2 Å². The number of nitrogens with one attached hydrogen (secondary N) is 1. The predicted molar refractivity (Wildman–Crippen MR) is 97.6 cm³/mol. The van der Waals surface area contributed by atoms with Crippen LogP contribution in [-0.2, 0) is 0 Å². The first-order chi connectivity index (χ1) is 12.1.